The van der Waals surface area contributed by atoms with Crippen molar-refractivity contribution < 1.29 is 4.42 Å². The molecule has 5 nitrogen and oxygen atoms in total. The highest BCUT2D eigenvalue weighted by molar-refractivity contribution is 7.15. The molecular weight excluding hydrogens is 294 g/mol. The van der Waals surface area contributed by atoms with E-state index in [4.69, 9.17) is 4.42 Å². The summed E-state index contributed by atoms with van der Waals surface area (Å²) in [4.78, 5) is 18.2. The summed E-state index contributed by atoms with van der Waals surface area (Å²) in [5, 5.41) is 6.17. The van der Waals surface area contributed by atoms with Crippen LogP contribution in [0.5, 0.6) is 0 Å². The van der Waals surface area contributed by atoms with Crippen LogP contribution in [0.3, 0.4) is 0 Å². The zero-order valence-corrected chi connectivity index (χ0v) is 11.6. The van der Waals surface area contributed by atoms with Crippen molar-refractivity contribution >= 4 is 33.7 Å². The summed E-state index contributed by atoms with van der Waals surface area (Å²) >= 11 is 2.91. The van der Waals surface area contributed by atoms with Crippen LogP contribution in [-0.4, -0.2) is 14.6 Å². The van der Waals surface area contributed by atoms with Gasteiger partial charge in [0.2, 0.25) is 10.8 Å². The molecule has 4 aromatic rings. The van der Waals surface area contributed by atoms with Crippen molar-refractivity contribution in [2.75, 3.05) is 0 Å². The van der Waals surface area contributed by atoms with E-state index < -0.39 is 0 Å². The zero-order chi connectivity index (χ0) is 13.5. The first-order valence-corrected chi connectivity index (χ1v) is 7.49. The molecule has 0 saturated heterocycles. The van der Waals surface area contributed by atoms with Gasteiger partial charge in [0, 0.05) is 4.88 Å². The number of nitrogens with zero attached hydrogens (tertiary/aromatic N) is 3. The molecule has 0 saturated carbocycles. The summed E-state index contributed by atoms with van der Waals surface area (Å²) in [5.41, 5.74) is -0.149. The minimum Gasteiger partial charge on any atom is -0.461 e. The van der Waals surface area contributed by atoms with E-state index in [0.29, 0.717) is 21.1 Å². The number of furan rings is 1. The number of thiophene rings is 1. The summed E-state index contributed by atoms with van der Waals surface area (Å²) < 4.78 is 7.19. The van der Waals surface area contributed by atoms with Crippen LogP contribution >= 0.6 is 22.7 Å². The van der Waals surface area contributed by atoms with Gasteiger partial charge in [0.05, 0.1) is 10.8 Å². The van der Waals surface area contributed by atoms with Crippen molar-refractivity contribution in [3.8, 4) is 11.6 Å². The van der Waals surface area contributed by atoms with Crippen molar-refractivity contribution in [1.29, 1.82) is 0 Å². The predicted octanol–water partition coefficient (Wildman–Crippen LogP) is 2.02. The number of fused-ring (bicyclic) bond motifs is 1. The second-order valence-electron chi connectivity index (χ2n) is 4.04. The maximum atomic E-state index is 12.3. The summed E-state index contributed by atoms with van der Waals surface area (Å²) in [6, 6.07) is 7.45. The molecule has 4 heterocycles. The number of hydrogen-bond acceptors (Lipinski definition) is 6. The Morgan fingerprint density at radius 3 is 2.95 bits per heavy atom. The molecule has 0 spiro atoms. The lowest BCUT2D eigenvalue weighted by Gasteiger charge is -1.84. The molecule has 0 atom stereocenters. The molecular formula is C13H7N3O2S2. The van der Waals surface area contributed by atoms with E-state index in [2.05, 4.69) is 10.1 Å². The normalized spacial score (nSPS) is 12.5. The number of hydrogen-bond donors (Lipinski definition) is 0. The van der Waals surface area contributed by atoms with Crippen molar-refractivity contribution in [1.82, 2.24) is 14.6 Å². The van der Waals surface area contributed by atoms with E-state index in [1.807, 2.05) is 23.6 Å². The highest BCUT2D eigenvalue weighted by atomic mass is 32.1. The Bertz CT molecular complexity index is 965. The van der Waals surface area contributed by atoms with Crippen molar-refractivity contribution in [2.45, 2.75) is 0 Å². The van der Waals surface area contributed by atoms with E-state index in [0.717, 1.165) is 4.88 Å². The van der Waals surface area contributed by atoms with Crippen molar-refractivity contribution in [3.05, 3.63) is 55.7 Å². The smallest absolute Gasteiger partial charge is 0.291 e. The average Bonchev–Trinajstić information content (AvgIpc) is 3.19. The summed E-state index contributed by atoms with van der Waals surface area (Å²) in [5.74, 6) is 0.991. The van der Waals surface area contributed by atoms with Crippen LogP contribution in [0.15, 0.2) is 45.1 Å². The lowest BCUT2D eigenvalue weighted by molar-refractivity contribution is 0.577. The number of thiazole rings is 1. The highest BCUT2D eigenvalue weighted by Gasteiger charge is 2.13. The van der Waals surface area contributed by atoms with Gasteiger partial charge in [-0.2, -0.15) is 9.50 Å². The maximum absolute atomic E-state index is 12.3. The molecule has 0 amide bonds. The molecule has 0 aliphatic rings. The molecule has 0 aliphatic heterocycles. The summed E-state index contributed by atoms with van der Waals surface area (Å²) in [6.45, 7) is 0. The van der Waals surface area contributed by atoms with Crippen LogP contribution in [0, 0.1) is 0 Å². The van der Waals surface area contributed by atoms with Crippen LogP contribution in [0.1, 0.15) is 4.88 Å². The van der Waals surface area contributed by atoms with Gasteiger partial charge in [0.25, 0.3) is 5.56 Å². The molecule has 0 N–H and O–H groups in total. The average molecular weight is 301 g/mol. The largest absolute Gasteiger partial charge is 0.461 e. The predicted molar refractivity (Wildman–Crippen MR) is 77.9 cm³/mol. The molecule has 0 aliphatic carbocycles. The van der Waals surface area contributed by atoms with Gasteiger partial charge in [-0.15, -0.1) is 16.4 Å². The molecule has 0 radical (unpaired) electrons. The Hall–Kier alpha value is -2.25. The first-order chi connectivity index (χ1) is 9.81. The standard InChI is InChI=1S/C13H7N3O2S2/c17-12-10(7-8-3-2-6-19-8)20-13-14-11(15-16(12)13)9-4-1-5-18-9/h1-7H/b10-7-. The fourth-order valence-electron chi connectivity index (χ4n) is 1.85. The van der Waals surface area contributed by atoms with Gasteiger partial charge in [-0.3, -0.25) is 4.79 Å². The topological polar surface area (TPSA) is 60.4 Å². The minimum absolute atomic E-state index is 0.149. The van der Waals surface area contributed by atoms with Gasteiger partial charge in [0.15, 0.2) is 5.76 Å². The molecule has 20 heavy (non-hydrogen) atoms. The van der Waals surface area contributed by atoms with Gasteiger partial charge in [-0.1, -0.05) is 17.4 Å². The Kier molecular flexibility index (Phi) is 2.54. The molecule has 0 bridgehead atoms. The lowest BCUT2D eigenvalue weighted by Crippen LogP contribution is -2.23. The van der Waals surface area contributed by atoms with Gasteiger partial charge < -0.3 is 4.42 Å². The van der Waals surface area contributed by atoms with Gasteiger partial charge >= 0.3 is 0 Å². The Morgan fingerprint density at radius 1 is 1.30 bits per heavy atom. The Labute approximate surface area is 120 Å². The molecule has 0 unspecified atom stereocenters. The third-order valence-electron chi connectivity index (χ3n) is 2.74. The molecule has 4 rings (SSSR count). The van der Waals surface area contributed by atoms with E-state index >= 15 is 0 Å². The van der Waals surface area contributed by atoms with Crippen LogP contribution < -0.4 is 10.1 Å². The first kappa shape index (κ1) is 11.6. The van der Waals surface area contributed by atoms with Crippen LogP contribution in [0.4, 0.5) is 0 Å². The highest BCUT2D eigenvalue weighted by Crippen LogP contribution is 2.16. The fraction of sp³-hybridized carbons (Fsp3) is 0. The van der Waals surface area contributed by atoms with E-state index in [-0.39, 0.29) is 5.56 Å². The number of aromatic nitrogens is 3. The third kappa shape index (κ3) is 1.79. The second kappa shape index (κ2) is 4.39. The third-order valence-corrected chi connectivity index (χ3v) is 4.52. The van der Waals surface area contributed by atoms with E-state index in [1.54, 1.807) is 29.7 Å². The van der Waals surface area contributed by atoms with Crippen LogP contribution in [-0.2, 0) is 0 Å². The quantitative estimate of drug-likeness (QED) is 0.568. The zero-order valence-electron chi connectivity index (χ0n) is 10.0. The Balaban J connectivity index is 1.90. The molecule has 7 heteroatoms. The van der Waals surface area contributed by atoms with Gasteiger partial charge in [-0.05, 0) is 29.7 Å². The SMILES string of the molecule is O=c1/c(=C/c2cccs2)sc2nc(-c3ccco3)nn12. The maximum Gasteiger partial charge on any atom is 0.291 e. The van der Waals surface area contributed by atoms with Gasteiger partial charge in [-0.25, -0.2) is 0 Å². The van der Waals surface area contributed by atoms with Gasteiger partial charge in [0.1, 0.15) is 0 Å². The summed E-state index contributed by atoms with van der Waals surface area (Å²) in [6.07, 6.45) is 3.42. The molecule has 4 aromatic heterocycles. The minimum atomic E-state index is -0.149. The molecule has 98 valence electrons. The van der Waals surface area contributed by atoms with Crippen molar-refractivity contribution in [3.63, 3.8) is 0 Å². The van der Waals surface area contributed by atoms with Crippen LogP contribution in [0.2, 0.25) is 0 Å². The van der Waals surface area contributed by atoms with Crippen LogP contribution in [0.25, 0.3) is 22.6 Å². The lowest BCUT2D eigenvalue weighted by atomic mass is 10.4. The van der Waals surface area contributed by atoms with E-state index in [9.17, 15) is 4.79 Å². The summed E-state index contributed by atoms with van der Waals surface area (Å²) in [7, 11) is 0. The first-order valence-electron chi connectivity index (χ1n) is 5.80. The Morgan fingerprint density at radius 2 is 2.25 bits per heavy atom. The van der Waals surface area contributed by atoms with E-state index in [1.165, 1.54) is 15.9 Å². The fourth-order valence-corrected chi connectivity index (χ4v) is 3.48. The molecule has 0 aromatic carbocycles. The number of rotatable bonds is 2. The molecule has 0 fully saturated rings. The monoisotopic (exact) mass is 301 g/mol. The van der Waals surface area contributed by atoms with Crippen molar-refractivity contribution in [2.24, 2.45) is 0 Å². The second-order valence-corrected chi connectivity index (χ2v) is 6.03.